The van der Waals surface area contributed by atoms with Crippen molar-refractivity contribution >= 4 is 31.9 Å². The zero-order valence-corrected chi connectivity index (χ0v) is 18.5. The summed E-state index contributed by atoms with van der Waals surface area (Å²) in [4.78, 5) is 0. The smallest absolute Gasteiger partial charge is 0.120 e. The third-order valence-electron chi connectivity index (χ3n) is 4.46. The normalized spacial score (nSPS) is 13.4. The highest BCUT2D eigenvalue weighted by Gasteiger charge is 2.14. The van der Waals surface area contributed by atoms with Crippen molar-refractivity contribution in [3.8, 4) is 11.5 Å². The molecule has 0 N–H and O–H groups in total. The van der Waals surface area contributed by atoms with Gasteiger partial charge in [0.25, 0.3) is 0 Å². The topological polar surface area (TPSA) is 18.5 Å². The number of benzene rings is 2. The summed E-state index contributed by atoms with van der Waals surface area (Å²) >= 11 is 7.32. The minimum atomic E-state index is 0.622. The van der Waals surface area contributed by atoms with Gasteiger partial charge in [-0.2, -0.15) is 0 Å². The van der Waals surface area contributed by atoms with Gasteiger partial charge in [-0.05, 0) is 66.5 Å². The molecule has 2 aromatic rings. The van der Waals surface area contributed by atoms with Crippen molar-refractivity contribution in [1.82, 2.24) is 0 Å². The quantitative estimate of drug-likeness (QED) is 0.429. The summed E-state index contributed by atoms with van der Waals surface area (Å²) < 4.78 is 12.8. The van der Waals surface area contributed by atoms with Gasteiger partial charge < -0.3 is 9.47 Å². The fourth-order valence-electron chi connectivity index (χ4n) is 3.25. The molecule has 2 atom stereocenters. The first kappa shape index (κ1) is 20.3. The van der Waals surface area contributed by atoms with E-state index < -0.39 is 0 Å². The number of halogens is 2. The van der Waals surface area contributed by atoms with Crippen LogP contribution < -0.4 is 9.47 Å². The van der Waals surface area contributed by atoms with E-state index in [2.05, 4.69) is 57.8 Å². The van der Waals surface area contributed by atoms with Gasteiger partial charge in [0.05, 0.1) is 14.2 Å². The summed E-state index contributed by atoms with van der Waals surface area (Å²) in [5.74, 6) is 3.02. The maximum atomic E-state index is 5.27. The molecule has 0 aliphatic rings. The molecule has 0 aromatic heterocycles. The highest BCUT2D eigenvalue weighted by molar-refractivity contribution is 9.10. The minimum Gasteiger partial charge on any atom is -0.497 e. The van der Waals surface area contributed by atoms with Gasteiger partial charge in [0.1, 0.15) is 11.5 Å². The van der Waals surface area contributed by atoms with Crippen LogP contribution >= 0.6 is 31.9 Å². The van der Waals surface area contributed by atoms with E-state index in [0.717, 1.165) is 33.3 Å². The summed E-state index contributed by atoms with van der Waals surface area (Å²) in [6, 6.07) is 12.5. The van der Waals surface area contributed by atoms with Gasteiger partial charge in [0, 0.05) is 8.95 Å². The number of rotatable bonds is 8. The molecule has 25 heavy (non-hydrogen) atoms. The van der Waals surface area contributed by atoms with Gasteiger partial charge in [-0.1, -0.05) is 57.8 Å². The van der Waals surface area contributed by atoms with Gasteiger partial charge >= 0.3 is 0 Å². The van der Waals surface area contributed by atoms with Crippen molar-refractivity contribution < 1.29 is 9.47 Å². The fraction of sp³-hybridized carbons (Fsp3) is 0.429. The molecule has 0 bridgehead atoms. The van der Waals surface area contributed by atoms with Crippen molar-refractivity contribution in [2.75, 3.05) is 14.2 Å². The first-order chi connectivity index (χ1) is 11.9. The average Bonchev–Trinajstić information content (AvgIpc) is 2.58. The van der Waals surface area contributed by atoms with Crippen LogP contribution in [-0.2, 0) is 12.8 Å². The molecule has 136 valence electrons. The largest absolute Gasteiger partial charge is 0.497 e. The SMILES string of the molecule is COc1ccc(C[C@@H](C)C[C@H](C)Cc2ccc(OC)cc2Br)c(Br)c1. The predicted octanol–water partition coefficient (Wildman–Crippen LogP) is 6.68. The molecule has 2 aromatic carbocycles. The van der Waals surface area contributed by atoms with Gasteiger partial charge in [0.15, 0.2) is 0 Å². The molecular weight excluding hydrogens is 444 g/mol. The third kappa shape index (κ3) is 6.03. The second-order valence-electron chi connectivity index (χ2n) is 6.77. The van der Waals surface area contributed by atoms with Crippen molar-refractivity contribution in [3.63, 3.8) is 0 Å². The number of ether oxygens (including phenoxy) is 2. The Balaban J connectivity index is 1.92. The molecule has 0 amide bonds. The Hall–Kier alpha value is -1.00. The van der Waals surface area contributed by atoms with Crippen LogP contribution in [0.4, 0.5) is 0 Å². The Labute approximate surface area is 168 Å². The van der Waals surface area contributed by atoms with E-state index in [9.17, 15) is 0 Å². The van der Waals surface area contributed by atoms with Crippen molar-refractivity contribution in [1.29, 1.82) is 0 Å². The van der Waals surface area contributed by atoms with Crippen LogP contribution in [0, 0.1) is 11.8 Å². The van der Waals surface area contributed by atoms with Crippen LogP contribution in [-0.4, -0.2) is 14.2 Å². The fourth-order valence-corrected chi connectivity index (χ4v) is 4.28. The Morgan fingerprint density at radius 2 is 1.16 bits per heavy atom. The highest BCUT2D eigenvalue weighted by atomic mass is 79.9. The molecule has 2 rings (SSSR count). The molecule has 0 radical (unpaired) electrons. The molecule has 0 saturated carbocycles. The van der Waals surface area contributed by atoms with Gasteiger partial charge in [-0.3, -0.25) is 0 Å². The molecule has 0 heterocycles. The summed E-state index contributed by atoms with van der Waals surface area (Å²) in [5.41, 5.74) is 2.68. The van der Waals surface area contributed by atoms with E-state index in [1.54, 1.807) is 14.2 Å². The number of hydrogen-bond donors (Lipinski definition) is 0. The lowest BCUT2D eigenvalue weighted by Crippen LogP contribution is -2.09. The molecule has 0 aliphatic carbocycles. The number of methoxy groups -OCH3 is 2. The standard InChI is InChI=1S/C21H26Br2O2/c1-14(10-16-5-7-18(24-3)12-20(16)22)9-15(2)11-17-6-8-19(25-4)13-21(17)23/h5-8,12-15H,9-11H2,1-4H3/t14-,15-/m0/s1. The first-order valence-electron chi connectivity index (χ1n) is 8.57. The van der Waals surface area contributed by atoms with E-state index in [4.69, 9.17) is 9.47 Å². The molecule has 4 heteroatoms. The van der Waals surface area contributed by atoms with Gasteiger partial charge in [-0.15, -0.1) is 0 Å². The van der Waals surface area contributed by atoms with E-state index in [-0.39, 0.29) is 0 Å². The molecule has 0 aliphatic heterocycles. The highest BCUT2D eigenvalue weighted by Crippen LogP contribution is 2.29. The van der Waals surface area contributed by atoms with Crippen LogP contribution in [0.3, 0.4) is 0 Å². The third-order valence-corrected chi connectivity index (χ3v) is 5.94. The Morgan fingerprint density at radius 1 is 0.760 bits per heavy atom. The van der Waals surface area contributed by atoms with Crippen molar-refractivity contribution in [3.05, 3.63) is 56.5 Å². The molecule has 0 saturated heterocycles. The van der Waals surface area contributed by atoms with Crippen LogP contribution in [0.1, 0.15) is 31.4 Å². The summed E-state index contributed by atoms with van der Waals surface area (Å²) in [7, 11) is 3.39. The first-order valence-corrected chi connectivity index (χ1v) is 10.2. The molecule has 0 unspecified atom stereocenters. The lowest BCUT2D eigenvalue weighted by Gasteiger charge is -2.19. The monoisotopic (exact) mass is 468 g/mol. The summed E-state index contributed by atoms with van der Waals surface area (Å²) in [6.07, 6.45) is 3.33. The van der Waals surface area contributed by atoms with Gasteiger partial charge in [-0.25, -0.2) is 0 Å². The molecule has 0 fully saturated rings. The van der Waals surface area contributed by atoms with E-state index >= 15 is 0 Å². The zero-order valence-electron chi connectivity index (χ0n) is 15.3. The van der Waals surface area contributed by atoms with E-state index in [1.807, 2.05) is 24.3 Å². The lowest BCUT2D eigenvalue weighted by atomic mass is 9.88. The number of hydrogen-bond acceptors (Lipinski definition) is 2. The molecular formula is C21H26Br2O2. The maximum absolute atomic E-state index is 5.27. The maximum Gasteiger partial charge on any atom is 0.120 e. The molecule has 2 nitrogen and oxygen atoms in total. The van der Waals surface area contributed by atoms with Crippen LogP contribution in [0.5, 0.6) is 11.5 Å². The average molecular weight is 470 g/mol. The Morgan fingerprint density at radius 3 is 1.48 bits per heavy atom. The predicted molar refractivity (Wildman–Crippen MR) is 112 cm³/mol. The van der Waals surface area contributed by atoms with Gasteiger partial charge in [0.2, 0.25) is 0 Å². The zero-order chi connectivity index (χ0) is 18.4. The Bertz CT molecular complexity index is 641. The second kappa shape index (κ2) is 9.63. The second-order valence-corrected chi connectivity index (χ2v) is 8.48. The lowest BCUT2D eigenvalue weighted by molar-refractivity contribution is 0.405. The van der Waals surface area contributed by atoms with Crippen molar-refractivity contribution in [2.24, 2.45) is 11.8 Å². The summed E-state index contributed by atoms with van der Waals surface area (Å²) in [6.45, 7) is 4.66. The van der Waals surface area contributed by atoms with Crippen molar-refractivity contribution in [2.45, 2.75) is 33.1 Å². The van der Waals surface area contributed by atoms with Crippen LogP contribution in [0.2, 0.25) is 0 Å². The van der Waals surface area contributed by atoms with E-state index in [1.165, 1.54) is 17.5 Å². The Kier molecular flexibility index (Phi) is 7.82. The summed E-state index contributed by atoms with van der Waals surface area (Å²) in [5, 5.41) is 0. The molecule has 0 spiro atoms. The van der Waals surface area contributed by atoms with Crippen LogP contribution in [0.25, 0.3) is 0 Å². The van der Waals surface area contributed by atoms with E-state index in [0.29, 0.717) is 11.8 Å². The van der Waals surface area contributed by atoms with Crippen LogP contribution in [0.15, 0.2) is 45.3 Å². The minimum absolute atomic E-state index is 0.622.